The molecule has 0 saturated heterocycles. The minimum Gasteiger partial charge on any atom is -0.354 e. The van der Waals surface area contributed by atoms with Crippen LogP contribution in [0.1, 0.15) is 24.5 Å². The Morgan fingerprint density at radius 2 is 1.91 bits per heavy atom. The molecule has 6 heteroatoms. The molecule has 0 unspecified atom stereocenters. The molecule has 5 nitrogen and oxygen atoms in total. The van der Waals surface area contributed by atoms with E-state index < -0.39 is 10.0 Å². The molecular weight excluding hydrogens is 298 g/mol. The van der Waals surface area contributed by atoms with E-state index in [0.29, 0.717) is 12.2 Å². The van der Waals surface area contributed by atoms with E-state index in [2.05, 4.69) is 33.2 Å². The molecule has 2 rings (SSSR count). The Labute approximate surface area is 131 Å². The van der Waals surface area contributed by atoms with Gasteiger partial charge in [0.2, 0.25) is 10.0 Å². The van der Waals surface area contributed by atoms with Gasteiger partial charge in [-0.3, -0.25) is 4.72 Å². The van der Waals surface area contributed by atoms with Crippen molar-refractivity contribution in [3.8, 4) is 0 Å². The number of sulfonamides is 1. The normalized spacial score (nSPS) is 11.2. The number of benzene rings is 1. The molecule has 2 N–H and O–H groups in total. The molecule has 0 bridgehead atoms. The van der Waals surface area contributed by atoms with E-state index in [0.717, 1.165) is 16.9 Å². The third-order valence-electron chi connectivity index (χ3n) is 3.17. The van der Waals surface area contributed by atoms with Gasteiger partial charge in [-0.25, -0.2) is 13.4 Å². The van der Waals surface area contributed by atoms with Gasteiger partial charge in [-0.15, -0.1) is 0 Å². The summed E-state index contributed by atoms with van der Waals surface area (Å²) in [4.78, 5) is 4.14. The number of pyridine rings is 1. The van der Waals surface area contributed by atoms with Gasteiger partial charge in [0.25, 0.3) is 0 Å². The van der Waals surface area contributed by atoms with Gasteiger partial charge in [-0.05, 0) is 49.6 Å². The van der Waals surface area contributed by atoms with Gasteiger partial charge >= 0.3 is 0 Å². The average Bonchev–Trinajstić information content (AvgIpc) is 2.44. The molecule has 0 fully saturated rings. The Morgan fingerprint density at radius 3 is 2.55 bits per heavy atom. The molecule has 0 aliphatic rings. The molecule has 0 saturated carbocycles. The molecule has 0 spiro atoms. The highest BCUT2D eigenvalue weighted by Crippen LogP contribution is 2.22. The second-order valence-electron chi connectivity index (χ2n) is 5.30. The SMILES string of the molecule is CCCS(=O)(=O)Nc1ccc(Nc2cc(C)ccc2C)cn1. The molecule has 0 radical (unpaired) electrons. The number of rotatable bonds is 6. The first-order valence-corrected chi connectivity index (χ1v) is 8.85. The standard InChI is InChI=1S/C16H21N3O2S/c1-4-9-22(20,21)19-16-8-7-14(11-17-16)18-15-10-12(2)5-6-13(15)3/h5-8,10-11,18H,4,9H2,1-3H3,(H,17,19). The van der Waals surface area contributed by atoms with Crippen LogP contribution >= 0.6 is 0 Å². The topological polar surface area (TPSA) is 71.1 Å². The lowest BCUT2D eigenvalue weighted by Crippen LogP contribution is -2.16. The summed E-state index contributed by atoms with van der Waals surface area (Å²) in [5.74, 6) is 0.428. The minimum atomic E-state index is -3.30. The molecule has 22 heavy (non-hydrogen) atoms. The Hall–Kier alpha value is -2.08. The van der Waals surface area contributed by atoms with Crippen molar-refractivity contribution in [1.29, 1.82) is 0 Å². The fourth-order valence-electron chi connectivity index (χ4n) is 2.03. The molecular formula is C16H21N3O2S. The summed E-state index contributed by atoms with van der Waals surface area (Å²) in [6, 6.07) is 9.63. The zero-order valence-corrected chi connectivity index (χ0v) is 13.9. The summed E-state index contributed by atoms with van der Waals surface area (Å²) >= 11 is 0. The Kier molecular flexibility index (Phi) is 5.03. The van der Waals surface area contributed by atoms with Gasteiger partial charge in [0.15, 0.2) is 0 Å². The van der Waals surface area contributed by atoms with Gasteiger partial charge in [-0.2, -0.15) is 0 Å². The number of hydrogen-bond donors (Lipinski definition) is 2. The second kappa shape index (κ2) is 6.79. The van der Waals surface area contributed by atoms with Crippen molar-refractivity contribution >= 4 is 27.2 Å². The second-order valence-corrected chi connectivity index (χ2v) is 7.14. The van der Waals surface area contributed by atoms with Crippen LogP contribution in [0.4, 0.5) is 17.2 Å². The minimum absolute atomic E-state index is 0.0944. The zero-order valence-electron chi connectivity index (χ0n) is 13.1. The monoisotopic (exact) mass is 319 g/mol. The van der Waals surface area contributed by atoms with E-state index in [1.165, 1.54) is 5.56 Å². The van der Waals surface area contributed by atoms with Crippen molar-refractivity contribution in [1.82, 2.24) is 4.98 Å². The van der Waals surface area contributed by atoms with E-state index in [1.54, 1.807) is 18.3 Å². The van der Waals surface area contributed by atoms with Gasteiger partial charge in [0, 0.05) is 5.69 Å². The van der Waals surface area contributed by atoms with Crippen LogP contribution in [-0.4, -0.2) is 19.2 Å². The largest absolute Gasteiger partial charge is 0.354 e. The van der Waals surface area contributed by atoms with Crippen molar-refractivity contribution in [3.63, 3.8) is 0 Å². The van der Waals surface area contributed by atoms with Crippen molar-refractivity contribution in [2.75, 3.05) is 15.8 Å². The fourth-order valence-corrected chi connectivity index (χ4v) is 3.11. The van der Waals surface area contributed by atoms with E-state index in [9.17, 15) is 8.42 Å². The summed E-state index contributed by atoms with van der Waals surface area (Å²) in [6.45, 7) is 5.89. The van der Waals surface area contributed by atoms with Crippen LogP contribution in [0.3, 0.4) is 0 Å². The average molecular weight is 319 g/mol. The summed E-state index contributed by atoms with van der Waals surface area (Å²) < 4.78 is 25.8. The molecule has 1 aromatic carbocycles. The molecule has 0 aliphatic carbocycles. The van der Waals surface area contributed by atoms with Crippen molar-refractivity contribution in [2.24, 2.45) is 0 Å². The van der Waals surface area contributed by atoms with Crippen molar-refractivity contribution < 1.29 is 8.42 Å². The van der Waals surface area contributed by atoms with E-state index in [-0.39, 0.29) is 5.75 Å². The highest BCUT2D eigenvalue weighted by Gasteiger charge is 2.09. The molecule has 0 atom stereocenters. The molecule has 1 heterocycles. The van der Waals surface area contributed by atoms with Gasteiger partial charge in [0.05, 0.1) is 17.6 Å². The number of nitrogens with zero attached hydrogens (tertiary/aromatic N) is 1. The smallest absolute Gasteiger partial charge is 0.233 e. The lowest BCUT2D eigenvalue weighted by Gasteiger charge is -2.11. The zero-order chi connectivity index (χ0) is 16.2. The first-order chi connectivity index (χ1) is 10.4. The first-order valence-electron chi connectivity index (χ1n) is 7.20. The molecule has 2 aromatic rings. The lowest BCUT2D eigenvalue weighted by atomic mass is 10.1. The molecule has 0 amide bonds. The maximum absolute atomic E-state index is 11.7. The van der Waals surface area contributed by atoms with Crippen LogP contribution in [0.25, 0.3) is 0 Å². The van der Waals surface area contributed by atoms with Crippen molar-refractivity contribution in [2.45, 2.75) is 27.2 Å². The van der Waals surface area contributed by atoms with Crippen LogP contribution in [-0.2, 0) is 10.0 Å². The predicted molar refractivity (Wildman–Crippen MR) is 91.1 cm³/mol. The Balaban J connectivity index is 2.11. The predicted octanol–water partition coefficient (Wildman–Crippen LogP) is 3.59. The number of nitrogens with one attached hydrogen (secondary N) is 2. The van der Waals surface area contributed by atoms with Crippen LogP contribution in [0, 0.1) is 13.8 Å². The van der Waals surface area contributed by atoms with E-state index >= 15 is 0 Å². The van der Waals surface area contributed by atoms with Gasteiger partial charge < -0.3 is 5.32 Å². The van der Waals surface area contributed by atoms with Crippen molar-refractivity contribution in [3.05, 3.63) is 47.7 Å². The highest BCUT2D eigenvalue weighted by atomic mass is 32.2. The Morgan fingerprint density at radius 1 is 1.14 bits per heavy atom. The maximum Gasteiger partial charge on any atom is 0.233 e. The van der Waals surface area contributed by atoms with Gasteiger partial charge in [0.1, 0.15) is 5.82 Å². The summed E-state index contributed by atoms with van der Waals surface area (Å²) in [7, 11) is -3.30. The summed E-state index contributed by atoms with van der Waals surface area (Å²) in [5.41, 5.74) is 4.14. The van der Waals surface area contributed by atoms with Crippen LogP contribution in [0.2, 0.25) is 0 Å². The third-order valence-corrected chi connectivity index (χ3v) is 4.63. The first kappa shape index (κ1) is 16.3. The summed E-state index contributed by atoms with van der Waals surface area (Å²) in [5, 5.41) is 3.29. The third kappa shape index (κ3) is 4.46. The molecule has 0 aliphatic heterocycles. The van der Waals surface area contributed by atoms with Crippen LogP contribution in [0.5, 0.6) is 0 Å². The lowest BCUT2D eigenvalue weighted by molar-refractivity contribution is 0.599. The molecule has 1 aromatic heterocycles. The number of hydrogen-bond acceptors (Lipinski definition) is 4. The molecule has 118 valence electrons. The van der Waals surface area contributed by atoms with Gasteiger partial charge in [-0.1, -0.05) is 19.1 Å². The number of aryl methyl sites for hydroxylation is 2. The van der Waals surface area contributed by atoms with Crippen LogP contribution in [0.15, 0.2) is 36.5 Å². The van der Waals surface area contributed by atoms with E-state index in [4.69, 9.17) is 0 Å². The van der Waals surface area contributed by atoms with Crippen LogP contribution < -0.4 is 10.0 Å². The highest BCUT2D eigenvalue weighted by molar-refractivity contribution is 7.92. The Bertz CT molecular complexity index is 740. The quantitative estimate of drug-likeness (QED) is 0.853. The summed E-state index contributed by atoms with van der Waals surface area (Å²) in [6.07, 6.45) is 2.19. The number of anilines is 3. The maximum atomic E-state index is 11.7. The number of aromatic nitrogens is 1. The van der Waals surface area contributed by atoms with E-state index in [1.807, 2.05) is 20.8 Å². The fraction of sp³-hybridized carbons (Fsp3) is 0.312.